The van der Waals surface area contributed by atoms with E-state index in [4.69, 9.17) is 4.74 Å². The van der Waals surface area contributed by atoms with Gasteiger partial charge in [0.15, 0.2) is 11.5 Å². The number of carbonyl (C=O) groups is 1. The topological polar surface area (TPSA) is 96.0 Å². The summed E-state index contributed by atoms with van der Waals surface area (Å²) < 4.78 is 5.61. The second-order valence-electron chi connectivity index (χ2n) is 6.21. The molecule has 4 rings (SSSR count). The van der Waals surface area contributed by atoms with Crippen LogP contribution in [0.4, 0.5) is 5.82 Å². The first kappa shape index (κ1) is 16.5. The van der Waals surface area contributed by atoms with E-state index in [2.05, 4.69) is 25.5 Å². The van der Waals surface area contributed by atoms with Crippen molar-refractivity contribution in [1.82, 2.24) is 25.1 Å². The molecule has 0 aliphatic carbocycles. The Bertz CT molecular complexity index is 954. The van der Waals surface area contributed by atoms with Crippen LogP contribution in [0.3, 0.4) is 0 Å². The molecule has 3 aromatic rings. The van der Waals surface area contributed by atoms with Crippen LogP contribution in [0.5, 0.6) is 0 Å². The van der Waals surface area contributed by atoms with Crippen molar-refractivity contribution >= 4 is 22.6 Å². The number of rotatable bonds is 3. The Morgan fingerprint density at radius 3 is 3.04 bits per heavy atom. The van der Waals surface area contributed by atoms with Crippen molar-refractivity contribution in [2.75, 3.05) is 32.1 Å². The number of aromatic nitrogens is 4. The highest BCUT2D eigenvalue weighted by molar-refractivity contribution is 6.04. The molecule has 1 fully saturated rings. The number of nitrogens with zero attached hydrogens (tertiary/aromatic N) is 4. The van der Waals surface area contributed by atoms with Crippen LogP contribution in [-0.2, 0) is 4.74 Å². The van der Waals surface area contributed by atoms with E-state index >= 15 is 0 Å². The van der Waals surface area contributed by atoms with Crippen LogP contribution in [0.15, 0.2) is 30.3 Å². The second-order valence-corrected chi connectivity index (χ2v) is 6.21. The summed E-state index contributed by atoms with van der Waals surface area (Å²) in [6.45, 7) is 3.22. The third-order valence-corrected chi connectivity index (χ3v) is 4.49. The molecule has 0 radical (unpaired) electrons. The van der Waals surface area contributed by atoms with E-state index in [9.17, 15) is 4.79 Å². The Hall–Kier alpha value is -3.00. The fraction of sp³-hybridized carbons (Fsp3) is 0.333. The largest absolute Gasteiger partial charge is 0.377 e. The number of nitrogens with one attached hydrogen (secondary N) is 2. The smallest absolute Gasteiger partial charge is 0.275 e. The number of aromatic amines is 1. The Balaban J connectivity index is 1.71. The van der Waals surface area contributed by atoms with Crippen molar-refractivity contribution in [3.05, 3.63) is 47.5 Å². The third-order valence-electron chi connectivity index (χ3n) is 4.49. The van der Waals surface area contributed by atoms with E-state index < -0.39 is 0 Å². The molecule has 1 aromatic carbocycles. The molecule has 1 atom stereocenters. The molecule has 1 aliphatic heterocycles. The number of amides is 1. The van der Waals surface area contributed by atoms with E-state index in [0.717, 1.165) is 22.4 Å². The third kappa shape index (κ3) is 2.88. The molecule has 1 amide bonds. The number of morpholine rings is 1. The lowest BCUT2D eigenvalue weighted by Gasteiger charge is -2.34. The molecule has 1 unspecified atom stereocenters. The number of hydrogen-bond donors (Lipinski definition) is 2. The summed E-state index contributed by atoms with van der Waals surface area (Å²) in [5.41, 5.74) is 2.08. The number of fused-ring (bicyclic) bond motifs is 1. The molecule has 2 N–H and O–H groups in total. The van der Waals surface area contributed by atoms with Crippen LogP contribution in [-0.4, -0.2) is 57.8 Å². The van der Waals surface area contributed by atoms with Crippen LogP contribution < -0.4 is 5.32 Å². The molecule has 0 spiro atoms. The number of anilines is 1. The fourth-order valence-corrected chi connectivity index (χ4v) is 3.19. The van der Waals surface area contributed by atoms with Gasteiger partial charge in [-0.2, -0.15) is 5.10 Å². The molecule has 134 valence electrons. The average molecular weight is 352 g/mol. The minimum atomic E-state index is -0.348. The molecular formula is C18H20N6O2. The summed E-state index contributed by atoms with van der Waals surface area (Å²) in [5.74, 6) is 1.14. The lowest BCUT2D eigenvalue weighted by molar-refractivity contribution is -0.00543. The standard InChI is InChI=1S/C18H20N6O2/c1-11-9-15(19-2)21-17(20-11)14-10-26-8-7-24(14)18(25)16-12-5-3-4-6-13(12)22-23-16/h3-6,9,14H,7-8,10H2,1-2H3,(H,22,23)(H,19,20,21). The average Bonchev–Trinajstić information content (AvgIpc) is 3.11. The lowest BCUT2D eigenvalue weighted by atomic mass is 10.1. The van der Waals surface area contributed by atoms with Gasteiger partial charge in [0.2, 0.25) is 0 Å². The molecule has 8 heteroatoms. The molecule has 3 heterocycles. The first-order valence-corrected chi connectivity index (χ1v) is 8.52. The van der Waals surface area contributed by atoms with Gasteiger partial charge in [0.1, 0.15) is 11.9 Å². The van der Waals surface area contributed by atoms with E-state index in [1.54, 1.807) is 4.90 Å². The highest BCUT2D eigenvalue weighted by Gasteiger charge is 2.33. The maximum absolute atomic E-state index is 13.2. The minimum Gasteiger partial charge on any atom is -0.377 e. The SMILES string of the molecule is CNc1cc(C)nc(C2COCCN2C(=O)c2n[nH]c3ccccc23)n1. The van der Waals surface area contributed by atoms with Gasteiger partial charge in [0, 0.05) is 30.7 Å². The van der Waals surface area contributed by atoms with Gasteiger partial charge in [-0.3, -0.25) is 9.89 Å². The Morgan fingerprint density at radius 2 is 2.19 bits per heavy atom. The number of hydrogen-bond acceptors (Lipinski definition) is 6. The highest BCUT2D eigenvalue weighted by atomic mass is 16.5. The maximum atomic E-state index is 13.2. The van der Waals surface area contributed by atoms with Gasteiger partial charge in [-0.1, -0.05) is 18.2 Å². The van der Waals surface area contributed by atoms with Crippen molar-refractivity contribution in [2.24, 2.45) is 0 Å². The van der Waals surface area contributed by atoms with Crippen LogP contribution in [0.2, 0.25) is 0 Å². The summed E-state index contributed by atoms with van der Waals surface area (Å²) >= 11 is 0. The maximum Gasteiger partial charge on any atom is 0.275 e. The second kappa shape index (κ2) is 6.72. The zero-order chi connectivity index (χ0) is 18.1. The van der Waals surface area contributed by atoms with Gasteiger partial charge in [0.25, 0.3) is 5.91 Å². The number of aryl methyl sites for hydroxylation is 1. The van der Waals surface area contributed by atoms with Crippen molar-refractivity contribution < 1.29 is 9.53 Å². The predicted octanol–water partition coefficient (Wildman–Crippen LogP) is 1.92. The number of H-pyrrole nitrogens is 1. The number of ether oxygens (including phenoxy) is 1. The quantitative estimate of drug-likeness (QED) is 0.748. The number of carbonyl (C=O) groups excluding carboxylic acids is 1. The van der Waals surface area contributed by atoms with Gasteiger partial charge < -0.3 is 15.0 Å². The van der Waals surface area contributed by atoms with Gasteiger partial charge >= 0.3 is 0 Å². The van der Waals surface area contributed by atoms with Crippen LogP contribution >= 0.6 is 0 Å². The number of benzene rings is 1. The van der Waals surface area contributed by atoms with E-state index in [1.807, 2.05) is 44.3 Å². The fourth-order valence-electron chi connectivity index (χ4n) is 3.19. The van der Waals surface area contributed by atoms with Crippen molar-refractivity contribution in [3.8, 4) is 0 Å². The molecule has 8 nitrogen and oxygen atoms in total. The van der Waals surface area contributed by atoms with Crippen molar-refractivity contribution in [1.29, 1.82) is 0 Å². The van der Waals surface area contributed by atoms with Gasteiger partial charge in [0.05, 0.1) is 18.7 Å². The summed E-state index contributed by atoms with van der Waals surface area (Å²) in [5, 5.41) is 11.0. The minimum absolute atomic E-state index is 0.146. The van der Waals surface area contributed by atoms with Crippen molar-refractivity contribution in [3.63, 3.8) is 0 Å². The summed E-state index contributed by atoms with van der Waals surface area (Å²) in [6.07, 6.45) is 0. The van der Waals surface area contributed by atoms with Gasteiger partial charge in [-0.25, -0.2) is 9.97 Å². The first-order chi connectivity index (χ1) is 12.7. The Kier molecular flexibility index (Phi) is 4.26. The highest BCUT2D eigenvalue weighted by Crippen LogP contribution is 2.26. The van der Waals surface area contributed by atoms with Crippen LogP contribution in [0.25, 0.3) is 10.9 Å². The van der Waals surface area contributed by atoms with E-state index in [0.29, 0.717) is 31.3 Å². The van der Waals surface area contributed by atoms with E-state index in [-0.39, 0.29) is 11.9 Å². The van der Waals surface area contributed by atoms with Gasteiger partial charge in [-0.15, -0.1) is 0 Å². The monoisotopic (exact) mass is 352 g/mol. The molecule has 2 aromatic heterocycles. The number of para-hydroxylation sites is 1. The zero-order valence-corrected chi connectivity index (χ0v) is 14.7. The van der Waals surface area contributed by atoms with Crippen LogP contribution in [0.1, 0.15) is 28.0 Å². The first-order valence-electron chi connectivity index (χ1n) is 8.52. The van der Waals surface area contributed by atoms with Gasteiger partial charge in [-0.05, 0) is 13.0 Å². The summed E-state index contributed by atoms with van der Waals surface area (Å²) in [4.78, 5) is 24.0. The summed E-state index contributed by atoms with van der Waals surface area (Å²) in [6, 6.07) is 9.11. The Labute approximate surface area is 150 Å². The van der Waals surface area contributed by atoms with Crippen LogP contribution in [0, 0.1) is 6.92 Å². The predicted molar refractivity (Wildman–Crippen MR) is 97.0 cm³/mol. The van der Waals surface area contributed by atoms with E-state index in [1.165, 1.54) is 0 Å². The molecular weight excluding hydrogens is 332 g/mol. The molecule has 0 saturated carbocycles. The molecule has 26 heavy (non-hydrogen) atoms. The summed E-state index contributed by atoms with van der Waals surface area (Å²) in [7, 11) is 1.81. The molecule has 1 saturated heterocycles. The molecule has 1 aliphatic rings. The zero-order valence-electron chi connectivity index (χ0n) is 14.7. The normalized spacial score (nSPS) is 17.5. The molecule has 0 bridgehead atoms. The van der Waals surface area contributed by atoms with Crippen molar-refractivity contribution in [2.45, 2.75) is 13.0 Å². The lowest BCUT2D eigenvalue weighted by Crippen LogP contribution is -2.44. The Morgan fingerprint density at radius 1 is 1.35 bits per heavy atom.